The van der Waals surface area contributed by atoms with Crippen LogP contribution in [0.15, 0.2) is 6.07 Å². The number of anilines is 1. The Balaban J connectivity index is 2.77. The standard InChI is InChI=1S/C9H14ClN3/c1-4-6(2)11-9-12-7(3)5-8(10)13-9/h5-6H,4H2,1-3H3,(H,11,12,13). The molecular formula is C9H14ClN3. The number of hydrogen-bond donors (Lipinski definition) is 1. The van der Waals surface area contributed by atoms with Gasteiger partial charge in [-0.1, -0.05) is 18.5 Å². The second-order valence-corrected chi connectivity index (χ2v) is 3.50. The second-order valence-electron chi connectivity index (χ2n) is 3.11. The average molecular weight is 200 g/mol. The maximum Gasteiger partial charge on any atom is 0.224 e. The molecule has 4 heteroatoms. The van der Waals surface area contributed by atoms with Gasteiger partial charge in [-0.2, -0.15) is 0 Å². The molecule has 1 aromatic rings. The average Bonchev–Trinajstić information content (AvgIpc) is 2.02. The summed E-state index contributed by atoms with van der Waals surface area (Å²) in [6, 6.07) is 2.11. The van der Waals surface area contributed by atoms with E-state index in [9.17, 15) is 0 Å². The Bertz CT molecular complexity index is 268. The fraction of sp³-hybridized carbons (Fsp3) is 0.556. The quantitative estimate of drug-likeness (QED) is 0.761. The summed E-state index contributed by atoms with van der Waals surface area (Å²) in [6.45, 7) is 6.09. The lowest BCUT2D eigenvalue weighted by atomic mass is 10.3. The SMILES string of the molecule is CCC(C)Nc1nc(C)cc(Cl)n1. The minimum Gasteiger partial charge on any atom is -0.352 e. The van der Waals surface area contributed by atoms with Crippen LogP contribution < -0.4 is 5.32 Å². The molecule has 1 N–H and O–H groups in total. The van der Waals surface area contributed by atoms with Crippen molar-refractivity contribution in [3.05, 3.63) is 16.9 Å². The van der Waals surface area contributed by atoms with Crippen molar-refractivity contribution in [1.29, 1.82) is 0 Å². The van der Waals surface area contributed by atoms with Gasteiger partial charge in [-0.25, -0.2) is 9.97 Å². The molecule has 0 bridgehead atoms. The highest BCUT2D eigenvalue weighted by Gasteiger charge is 2.02. The Kier molecular flexibility index (Phi) is 3.48. The van der Waals surface area contributed by atoms with Gasteiger partial charge in [0.25, 0.3) is 0 Å². The van der Waals surface area contributed by atoms with Crippen LogP contribution in [0.3, 0.4) is 0 Å². The van der Waals surface area contributed by atoms with Crippen molar-refractivity contribution in [1.82, 2.24) is 9.97 Å². The number of aryl methyl sites for hydroxylation is 1. The Hall–Kier alpha value is -0.830. The van der Waals surface area contributed by atoms with E-state index in [2.05, 4.69) is 29.1 Å². The van der Waals surface area contributed by atoms with Gasteiger partial charge in [-0.05, 0) is 26.3 Å². The number of nitrogens with zero attached hydrogens (tertiary/aromatic N) is 2. The van der Waals surface area contributed by atoms with E-state index in [0.29, 0.717) is 17.1 Å². The molecule has 0 aliphatic rings. The third-order valence-electron chi connectivity index (χ3n) is 1.81. The lowest BCUT2D eigenvalue weighted by Crippen LogP contribution is -2.15. The first-order valence-corrected chi connectivity index (χ1v) is 4.77. The van der Waals surface area contributed by atoms with E-state index in [1.54, 1.807) is 6.07 Å². The summed E-state index contributed by atoms with van der Waals surface area (Å²) in [4.78, 5) is 8.28. The van der Waals surface area contributed by atoms with Crippen LogP contribution in [0.25, 0.3) is 0 Å². The molecule has 0 aromatic carbocycles. The lowest BCUT2D eigenvalue weighted by molar-refractivity contribution is 0.751. The first kappa shape index (κ1) is 10.3. The first-order chi connectivity index (χ1) is 6.11. The molecule has 1 heterocycles. The van der Waals surface area contributed by atoms with Gasteiger partial charge in [0, 0.05) is 11.7 Å². The summed E-state index contributed by atoms with van der Waals surface area (Å²) in [5.74, 6) is 0.611. The molecular weight excluding hydrogens is 186 g/mol. The number of hydrogen-bond acceptors (Lipinski definition) is 3. The van der Waals surface area contributed by atoms with Crippen LogP contribution in [0.4, 0.5) is 5.95 Å². The molecule has 13 heavy (non-hydrogen) atoms. The topological polar surface area (TPSA) is 37.8 Å². The zero-order valence-corrected chi connectivity index (χ0v) is 8.89. The molecule has 0 fully saturated rings. The van der Waals surface area contributed by atoms with Gasteiger partial charge in [0.1, 0.15) is 5.15 Å². The predicted octanol–water partition coefficient (Wildman–Crippen LogP) is 2.65. The molecule has 0 saturated heterocycles. The fourth-order valence-electron chi connectivity index (χ4n) is 0.917. The van der Waals surface area contributed by atoms with Crippen LogP contribution in [0.2, 0.25) is 5.15 Å². The van der Waals surface area contributed by atoms with Crippen molar-refractivity contribution in [3.8, 4) is 0 Å². The Morgan fingerprint density at radius 1 is 1.54 bits per heavy atom. The zero-order chi connectivity index (χ0) is 9.84. The summed E-state index contributed by atoms with van der Waals surface area (Å²) in [6.07, 6.45) is 1.04. The highest BCUT2D eigenvalue weighted by Crippen LogP contribution is 2.10. The van der Waals surface area contributed by atoms with E-state index < -0.39 is 0 Å². The van der Waals surface area contributed by atoms with E-state index >= 15 is 0 Å². The largest absolute Gasteiger partial charge is 0.352 e. The first-order valence-electron chi connectivity index (χ1n) is 4.39. The van der Waals surface area contributed by atoms with Crippen LogP contribution in [-0.2, 0) is 0 Å². The lowest BCUT2D eigenvalue weighted by Gasteiger charge is -2.11. The maximum absolute atomic E-state index is 5.79. The smallest absolute Gasteiger partial charge is 0.224 e. The summed E-state index contributed by atoms with van der Waals surface area (Å²) in [5.41, 5.74) is 0.880. The van der Waals surface area contributed by atoms with Gasteiger partial charge in [-0.15, -0.1) is 0 Å². The van der Waals surface area contributed by atoms with Gasteiger partial charge in [0.2, 0.25) is 5.95 Å². The van der Waals surface area contributed by atoms with Crippen LogP contribution in [0.1, 0.15) is 26.0 Å². The molecule has 1 rings (SSSR count). The summed E-state index contributed by atoms with van der Waals surface area (Å²) in [5, 5.41) is 3.65. The van der Waals surface area contributed by atoms with Crippen LogP contribution in [0.5, 0.6) is 0 Å². The zero-order valence-electron chi connectivity index (χ0n) is 8.13. The number of aromatic nitrogens is 2. The molecule has 0 aliphatic carbocycles. The molecule has 1 aromatic heterocycles. The Morgan fingerprint density at radius 2 is 2.23 bits per heavy atom. The van der Waals surface area contributed by atoms with Gasteiger partial charge < -0.3 is 5.32 Å². The summed E-state index contributed by atoms with van der Waals surface area (Å²) < 4.78 is 0. The highest BCUT2D eigenvalue weighted by atomic mass is 35.5. The van der Waals surface area contributed by atoms with Crippen molar-refractivity contribution in [3.63, 3.8) is 0 Å². The van der Waals surface area contributed by atoms with Crippen LogP contribution in [0, 0.1) is 6.92 Å². The van der Waals surface area contributed by atoms with Crippen molar-refractivity contribution in [2.45, 2.75) is 33.2 Å². The molecule has 1 atom stereocenters. The summed E-state index contributed by atoms with van der Waals surface area (Å²) >= 11 is 5.79. The predicted molar refractivity (Wildman–Crippen MR) is 55.2 cm³/mol. The molecule has 0 radical (unpaired) electrons. The maximum atomic E-state index is 5.79. The third kappa shape index (κ3) is 3.19. The fourth-order valence-corrected chi connectivity index (χ4v) is 1.16. The van der Waals surface area contributed by atoms with Crippen molar-refractivity contribution >= 4 is 17.5 Å². The Labute approximate surface area is 83.5 Å². The van der Waals surface area contributed by atoms with Crippen LogP contribution >= 0.6 is 11.6 Å². The molecule has 0 spiro atoms. The third-order valence-corrected chi connectivity index (χ3v) is 2.00. The van der Waals surface area contributed by atoms with Crippen molar-refractivity contribution in [2.75, 3.05) is 5.32 Å². The van der Waals surface area contributed by atoms with Gasteiger partial charge in [0.15, 0.2) is 0 Å². The van der Waals surface area contributed by atoms with Gasteiger partial charge in [-0.3, -0.25) is 0 Å². The molecule has 0 saturated carbocycles. The minimum absolute atomic E-state index is 0.373. The minimum atomic E-state index is 0.373. The van der Waals surface area contributed by atoms with E-state index in [1.807, 2.05) is 6.92 Å². The van der Waals surface area contributed by atoms with E-state index in [-0.39, 0.29) is 0 Å². The normalized spacial score (nSPS) is 12.6. The molecule has 0 aliphatic heterocycles. The Morgan fingerprint density at radius 3 is 2.77 bits per heavy atom. The molecule has 0 amide bonds. The molecule has 72 valence electrons. The number of rotatable bonds is 3. The van der Waals surface area contributed by atoms with Crippen molar-refractivity contribution in [2.24, 2.45) is 0 Å². The van der Waals surface area contributed by atoms with E-state index in [0.717, 1.165) is 12.1 Å². The van der Waals surface area contributed by atoms with Gasteiger partial charge in [0.05, 0.1) is 0 Å². The molecule has 1 unspecified atom stereocenters. The van der Waals surface area contributed by atoms with Gasteiger partial charge >= 0.3 is 0 Å². The highest BCUT2D eigenvalue weighted by molar-refractivity contribution is 6.29. The van der Waals surface area contributed by atoms with E-state index in [1.165, 1.54) is 0 Å². The van der Waals surface area contributed by atoms with Crippen molar-refractivity contribution < 1.29 is 0 Å². The monoisotopic (exact) mass is 199 g/mol. The van der Waals surface area contributed by atoms with Crippen LogP contribution in [-0.4, -0.2) is 16.0 Å². The number of halogens is 1. The summed E-state index contributed by atoms with van der Waals surface area (Å²) in [7, 11) is 0. The number of nitrogens with one attached hydrogen (secondary N) is 1. The second kappa shape index (κ2) is 4.42. The van der Waals surface area contributed by atoms with E-state index in [4.69, 9.17) is 11.6 Å². The molecule has 3 nitrogen and oxygen atoms in total.